The Morgan fingerprint density at radius 3 is 2.23 bits per heavy atom. The zero-order valence-corrected chi connectivity index (χ0v) is 20.6. The number of anilines is 3. The first-order valence-corrected chi connectivity index (χ1v) is 13.2. The zero-order chi connectivity index (χ0) is 24.8. The molecule has 1 fully saturated rings. The third-order valence-corrected chi connectivity index (χ3v) is 7.74. The first-order valence-electron chi connectivity index (χ1n) is 11.5. The molecule has 0 saturated carbocycles. The van der Waals surface area contributed by atoms with Gasteiger partial charge in [0.2, 0.25) is 0 Å². The zero-order valence-electron chi connectivity index (χ0n) is 19.8. The maximum atomic E-state index is 12.6. The number of aromatic nitrogens is 2. The molecule has 0 radical (unpaired) electrons. The molecule has 0 unspecified atom stereocenters. The summed E-state index contributed by atoms with van der Waals surface area (Å²) in [6.07, 6.45) is 0. The van der Waals surface area contributed by atoms with Crippen LogP contribution < -0.4 is 15.5 Å². The number of urea groups is 1. The number of rotatable bonds is 7. The molecular weight excluding hydrogens is 466 g/mol. The molecule has 0 aliphatic carbocycles. The van der Waals surface area contributed by atoms with Crippen LogP contribution in [0.4, 0.5) is 22.0 Å². The van der Waals surface area contributed by atoms with Crippen molar-refractivity contribution in [2.45, 2.75) is 24.9 Å². The molecule has 3 aromatic rings. The van der Waals surface area contributed by atoms with Gasteiger partial charge in [0.1, 0.15) is 5.82 Å². The van der Waals surface area contributed by atoms with E-state index in [0.717, 1.165) is 5.56 Å². The van der Waals surface area contributed by atoms with Crippen molar-refractivity contribution in [1.82, 2.24) is 9.97 Å². The van der Waals surface area contributed by atoms with Crippen molar-refractivity contribution in [1.29, 1.82) is 0 Å². The van der Waals surface area contributed by atoms with Crippen LogP contribution in [0.25, 0.3) is 11.4 Å². The Labute approximate surface area is 205 Å². The standard InChI is InChI=1S/C25H29N5O4S/c1-18(2)35(32,33)17-22-16-23(30-12-14-34-15-13-30)29-24(26-22)19-8-10-21(11-9-19)28-25(31)27-20-6-4-3-5-7-20/h3-11,16,18H,12-15,17H2,1-2H3,(H2,27,28,31). The van der Waals surface area contributed by atoms with Crippen LogP contribution in [0, 0.1) is 0 Å². The van der Waals surface area contributed by atoms with Crippen LogP contribution in [0.3, 0.4) is 0 Å². The molecule has 1 aliphatic rings. The summed E-state index contributed by atoms with van der Waals surface area (Å²) >= 11 is 0. The summed E-state index contributed by atoms with van der Waals surface area (Å²) in [7, 11) is -3.33. The Kier molecular flexibility index (Phi) is 7.62. The normalized spacial score (nSPS) is 14.1. The average Bonchev–Trinajstić information content (AvgIpc) is 2.85. The number of nitrogens with zero attached hydrogens (tertiary/aromatic N) is 3. The summed E-state index contributed by atoms with van der Waals surface area (Å²) in [6, 6.07) is 17.7. The van der Waals surface area contributed by atoms with Crippen LogP contribution in [0.15, 0.2) is 60.7 Å². The van der Waals surface area contributed by atoms with Crippen molar-refractivity contribution in [3.05, 3.63) is 66.4 Å². The second-order valence-electron chi connectivity index (χ2n) is 8.52. The van der Waals surface area contributed by atoms with Gasteiger partial charge in [-0.15, -0.1) is 0 Å². The van der Waals surface area contributed by atoms with Crippen LogP contribution in [-0.2, 0) is 20.3 Å². The molecule has 1 saturated heterocycles. The highest BCUT2D eigenvalue weighted by atomic mass is 32.2. The van der Waals surface area contributed by atoms with E-state index in [9.17, 15) is 13.2 Å². The lowest BCUT2D eigenvalue weighted by Crippen LogP contribution is -2.37. The number of morpholine rings is 1. The Hall–Kier alpha value is -3.50. The summed E-state index contributed by atoms with van der Waals surface area (Å²) in [6.45, 7) is 5.85. The fourth-order valence-electron chi connectivity index (χ4n) is 3.53. The number of sulfone groups is 1. The van der Waals surface area contributed by atoms with Crippen molar-refractivity contribution in [3.8, 4) is 11.4 Å². The van der Waals surface area contributed by atoms with Gasteiger partial charge in [-0.2, -0.15) is 0 Å². The number of carbonyl (C=O) groups is 1. The highest BCUT2D eigenvalue weighted by Gasteiger charge is 2.21. The lowest BCUT2D eigenvalue weighted by molar-refractivity contribution is 0.122. The van der Waals surface area contributed by atoms with Crippen molar-refractivity contribution in [2.75, 3.05) is 41.8 Å². The lowest BCUT2D eigenvalue weighted by atomic mass is 10.2. The number of benzene rings is 2. The highest BCUT2D eigenvalue weighted by molar-refractivity contribution is 7.91. The summed E-state index contributed by atoms with van der Waals surface area (Å²) in [5.74, 6) is 0.955. The maximum Gasteiger partial charge on any atom is 0.323 e. The molecule has 2 heterocycles. The van der Waals surface area contributed by atoms with E-state index < -0.39 is 15.1 Å². The number of nitrogens with one attached hydrogen (secondary N) is 2. The predicted molar refractivity (Wildman–Crippen MR) is 137 cm³/mol. The van der Waals surface area contributed by atoms with Gasteiger partial charge in [0.05, 0.1) is 29.9 Å². The van der Waals surface area contributed by atoms with Gasteiger partial charge in [-0.3, -0.25) is 0 Å². The monoisotopic (exact) mass is 495 g/mol. The molecule has 1 aromatic heterocycles. The molecule has 9 nitrogen and oxygen atoms in total. The average molecular weight is 496 g/mol. The Morgan fingerprint density at radius 1 is 0.971 bits per heavy atom. The van der Waals surface area contributed by atoms with Gasteiger partial charge in [0.25, 0.3) is 0 Å². The largest absolute Gasteiger partial charge is 0.378 e. The second kappa shape index (κ2) is 10.8. The SMILES string of the molecule is CC(C)S(=O)(=O)Cc1cc(N2CCOCC2)nc(-c2ccc(NC(=O)Nc3ccccc3)cc2)n1. The van der Waals surface area contributed by atoms with E-state index in [0.29, 0.717) is 55.0 Å². The van der Waals surface area contributed by atoms with Gasteiger partial charge in [-0.1, -0.05) is 18.2 Å². The van der Waals surface area contributed by atoms with E-state index in [-0.39, 0.29) is 11.8 Å². The number of amides is 2. The molecule has 2 amide bonds. The van der Waals surface area contributed by atoms with Gasteiger partial charge in [0.15, 0.2) is 15.7 Å². The summed E-state index contributed by atoms with van der Waals surface area (Å²) in [5, 5.41) is 5.07. The van der Waals surface area contributed by atoms with Gasteiger partial charge in [0, 0.05) is 36.1 Å². The first-order chi connectivity index (χ1) is 16.8. The van der Waals surface area contributed by atoms with Gasteiger partial charge < -0.3 is 20.3 Å². The molecule has 2 N–H and O–H groups in total. The van der Waals surface area contributed by atoms with Crippen molar-refractivity contribution in [2.24, 2.45) is 0 Å². The molecule has 35 heavy (non-hydrogen) atoms. The number of carbonyl (C=O) groups excluding carboxylic acids is 1. The number of para-hydroxylation sites is 1. The number of hydrogen-bond donors (Lipinski definition) is 2. The maximum absolute atomic E-state index is 12.6. The topological polar surface area (TPSA) is 114 Å². The van der Waals surface area contributed by atoms with Crippen LogP contribution in [0.1, 0.15) is 19.5 Å². The molecule has 0 atom stereocenters. The van der Waals surface area contributed by atoms with E-state index in [1.165, 1.54) is 0 Å². The second-order valence-corrected chi connectivity index (χ2v) is 11.1. The van der Waals surface area contributed by atoms with E-state index >= 15 is 0 Å². The lowest BCUT2D eigenvalue weighted by Gasteiger charge is -2.28. The highest BCUT2D eigenvalue weighted by Crippen LogP contribution is 2.24. The molecule has 184 valence electrons. The summed E-state index contributed by atoms with van der Waals surface area (Å²) in [4.78, 5) is 23.6. The molecule has 0 spiro atoms. The molecule has 1 aliphatic heterocycles. The molecule has 2 aromatic carbocycles. The van der Waals surface area contributed by atoms with Crippen molar-refractivity contribution >= 4 is 33.1 Å². The third kappa shape index (κ3) is 6.55. The van der Waals surface area contributed by atoms with Crippen LogP contribution in [-0.4, -0.2) is 56.0 Å². The van der Waals surface area contributed by atoms with E-state index in [1.807, 2.05) is 18.2 Å². The van der Waals surface area contributed by atoms with Gasteiger partial charge >= 0.3 is 6.03 Å². The fourth-order valence-corrected chi connectivity index (χ4v) is 4.42. The van der Waals surface area contributed by atoms with Gasteiger partial charge in [-0.25, -0.2) is 23.2 Å². The Bertz CT molecular complexity index is 1260. The summed E-state index contributed by atoms with van der Waals surface area (Å²) in [5.41, 5.74) is 2.47. The first kappa shape index (κ1) is 24.6. The van der Waals surface area contributed by atoms with Crippen molar-refractivity contribution in [3.63, 3.8) is 0 Å². The predicted octanol–water partition coefficient (Wildman–Crippen LogP) is 3.95. The van der Waals surface area contributed by atoms with Gasteiger partial charge in [-0.05, 0) is 50.2 Å². The van der Waals surface area contributed by atoms with Crippen molar-refractivity contribution < 1.29 is 17.9 Å². The smallest absolute Gasteiger partial charge is 0.323 e. The van der Waals surface area contributed by atoms with Crippen LogP contribution >= 0.6 is 0 Å². The minimum atomic E-state index is -3.33. The van der Waals surface area contributed by atoms with E-state index in [4.69, 9.17) is 9.72 Å². The summed E-state index contributed by atoms with van der Waals surface area (Å²) < 4.78 is 30.6. The third-order valence-electron chi connectivity index (χ3n) is 5.60. The quantitative estimate of drug-likeness (QED) is 0.510. The molecule has 0 bridgehead atoms. The fraction of sp³-hybridized carbons (Fsp3) is 0.320. The van der Waals surface area contributed by atoms with Crippen LogP contribution in [0.2, 0.25) is 0 Å². The Morgan fingerprint density at radius 2 is 1.60 bits per heavy atom. The molecular formula is C25H29N5O4S. The Balaban J connectivity index is 1.56. The minimum Gasteiger partial charge on any atom is -0.378 e. The van der Waals surface area contributed by atoms with E-state index in [1.54, 1.807) is 56.3 Å². The number of ether oxygens (including phenoxy) is 1. The van der Waals surface area contributed by atoms with E-state index in [2.05, 4.69) is 20.5 Å². The van der Waals surface area contributed by atoms with Crippen LogP contribution in [0.5, 0.6) is 0 Å². The minimum absolute atomic E-state index is 0.156. The molecule has 10 heteroatoms. The molecule has 4 rings (SSSR count). The number of hydrogen-bond acceptors (Lipinski definition) is 7.